The van der Waals surface area contributed by atoms with Gasteiger partial charge < -0.3 is 19.7 Å². The summed E-state index contributed by atoms with van der Waals surface area (Å²) in [5, 5.41) is 4.10. The Labute approximate surface area is 158 Å². The number of carbonyl (C=O) groups is 3. The highest BCUT2D eigenvalue weighted by molar-refractivity contribution is 6.06. The monoisotopic (exact) mass is 372 g/mol. The lowest BCUT2D eigenvalue weighted by atomic mass is 10.0. The lowest BCUT2D eigenvalue weighted by molar-refractivity contribution is -0.138. The van der Waals surface area contributed by atoms with Gasteiger partial charge in [0.2, 0.25) is 5.91 Å². The van der Waals surface area contributed by atoms with E-state index in [4.69, 9.17) is 9.47 Å². The van der Waals surface area contributed by atoms with Crippen molar-refractivity contribution < 1.29 is 23.9 Å². The van der Waals surface area contributed by atoms with Crippen LogP contribution in [0.5, 0.6) is 5.75 Å². The summed E-state index contributed by atoms with van der Waals surface area (Å²) in [4.78, 5) is 37.7. The van der Waals surface area contributed by atoms with Gasteiger partial charge >= 0.3 is 5.97 Å². The molecule has 0 heterocycles. The van der Waals surface area contributed by atoms with E-state index < -0.39 is 18.5 Å². The molecular formula is C20H24N2O5. The molecule has 7 nitrogen and oxygen atoms in total. The number of carbonyl (C=O) groups excluding carboxylic acids is 3. The lowest BCUT2D eigenvalue weighted by Crippen LogP contribution is -2.42. The van der Waals surface area contributed by atoms with Crippen LogP contribution in [0.25, 0.3) is 10.8 Å². The third kappa shape index (κ3) is 4.97. The predicted octanol–water partition coefficient (Wildman–Crippen LogP) is 1.99. The van der Waals surface area contributed by atoms with Crippen molar-refractivity contribution in [2.45, 2.75) is 13.8 Å². The summed E-state index contributed by atoms with van der Waals surface area (Å²) in [5.74, 6) is -0.622. The molecule has 0 aliphatic heterocycles. The van der Waals surface area contributed by atoms with E-state index in [-0.39, 0.29) is 12.5 Å². The van der Waals surface area contributed by atoms with Crippen LogP contribution in [-0.2, 0) is 14.3 Å². The number of nitrogens with one attached hydrogen (secondary N) is 1. The predicted molar refractivity (Wildman–Crippen MR) is 102 cm³/mol. The second-order valence-electron chi connectivity index (χ2n) is 5.80. The molecule has 0 saturated carbocycles. The van der Waals surface area contributed by atoms with E-state index in [1.807, 2.05) is 18.2 Å². The van der Waals surface area contributed by atoms with Crippen LogP contribution in [0.4, 0.5) is 0 Å². The number of fused-ring (bicyclic) bond motifs is 1. The van der Waals surface area contributed by atoms with Crippen LogP contribution in [-0.4, -0.2) is 56.0 Å². The van der Waals surface area contributed by atoms with Gasteiger partial charge in [0.05, 0.1) is 19.2 Å². The van der Waals surface area contributed by atoms with Gasteiger partial charge in [0, 0.05) is 18.5 Å². The third-order valence-electron chi connectivity index (χ3n) is 4.09. The van der Waals surface area contributed by atoms with Crippen molar-refractivity contribution in [3.8, 4) is 5.75 Å². The van der Waals surface area contributed by atoms with Gasteiger partial charge in [-0.3, -0.25) is 9.59 Å². The summed E-state index contributed by atoms with van der Waals surface area (Å²) < 4.78 is 10.5. The molecular weight excluding hydrogens is 348 g/mol. The number of ether oxygens (including phenoxy) is 2. The zero-order valence-corrected chi connectivity index (χ0v) is 15.8. The Balaban J connectivity index is 2.08. The Morgan fingerprint density at radius 1 is 1.04 bits per heavy atom. The average molecular weight is 372 g/mol. The van der Waals surface area contributed by atoms with Crippen LogP contribution in [0.1, 0.15) is 24.2 Å². The zero-order chi connectivity index (χ0) is 19.8. The molecule has 144 valence electrons. The fourth-order valence-corrected chi connectivity index (χ4v) is 2.73. The van der Waals surface area contributed by atoms with E-state index in [9.17, 15) is 14.4 Å². The molecule has 2 aromatic carbocycles. The van der Waals surface area contributed by atoms with Crippen LogP contribution in [0.2, 0.25) is 0 Å². The quantitative estimate of drug-likeness (QED) is 0.717. The summed E-state index contributed by atoms with van der Waals surface area (Å²) >= 11 is 0. The van der Waals surface area contributed by atoms with Gasteiger partial charge in [-0.05, 0) is 31.4 Å². The molecule has 2 amide bonds. The van der Waals surface area contributed by atoms with Crippen LogP contribution in [0, 0.1) is 0 Å². The van der Waals surface area contributed by atoms with Crippen molar-refractivity contribution in [3.63, 3.8) is 0 Å². The van der Waals surface area contributed by atoms with Gasteiger partial charge in [0.25, 0.3) is 5.91 Å². The minimum atomic E-state index is -0.601. The number of amides is 2. The number of methoxy groups -OCH3 is 1. The molecule has 0 aliphatic rings. The van der Waals surface area contributed by atoms with Crippen LogP contribution < -0.4 is 10.1 Å². The van der Waals surface area contributed by atoms with Crippen molar-refractivity contribution in [3.05, 3.63) is 42.0 Å². The number of hydrogen-bond donors (Lipinski definition) is 1. The molecule has 0 aromatic heterocycles. The smallest absolute Gasteiger partial charge is 0.339 e. The van der Waals surface area contributed by atoms with Crippen molar-refractivity contribution >= 4 is 28.6 Å². The number of hydrogen-bond acceptors (Lipinski definition) is 5. The molecule has 0 spiro atoms. The fourth-order valence-electron chi connectivity index (χ4n) is 2.73. The third-order valence-corrected chi connectivity index (χ3v) is 4.09. The van der Waals surface area contributed by atoms with E-state index in [2.05, 4.69) is 5.32 Å². The Morgan fingerprint density at radius 2 is 1.74 bits per heavy atom. The molecule has 0 bridgehead atoms. The first kappa shape index (κ1) is 20.2. The molecule has 2 rings (SSSR count). The lowest BCUT2D eigenvalue weighted by Gasteiger charge is -2.20. The molecule has 0 unspecified atom stereocenters. The summed E-state index contributed by atoms with van der Waals surface area (Å²) in [6.07, 6.45) is 0. The molecule has 0 saturated heterocycles. The molecule has 7 heteroatoms. The van der Waals surface area contributed by atoms with E-state index >= 15 is 0 Å². The summed E-state index contributed by atoms with van der Waals surface area (Å²) in [6.45, 7) is 3.91. The highest BCUT2D eigenvalue weighted by atomic mass is 16.5. The molecule has 0 aliphatic carbocycles. The van der Waals surface area contributed by atoms with Gasteiger partial charge in [-0.25, -0.2) is 4.79 Å². The molecule has 0 radical (unpaired) electrons. The number of likely N-dealkylation sites (N-methyl/N-ethyl adjacent to an activating group) is 2. The SMILES string of the molecule is CCNC(=O)CN(CC)C(=O)COC(=O)c1ccc(OC)c2ccccc12. The standard InChI is InChI=1S/C20H24N2O5/c1-4-21-18(23)12-22(5-2)19(24)13-27-20(25)16-10-11-17(26-3)15-9-7-6-8-14(15)16/h6-11H,4-5,12-13H2,1-3H3,(H,21,23). The van der Waals surface area contributed by atoms with Gasteiger partial charge in [-0.2, -0.15) is 0 Å². The minimum absolute atomic E-state index is 0.0633. The number of nitrogens with zero attached hydrogens (tertiary/aromatic N) is 1. The Kier molecular flexibility index (Phi) is 7.16. The molecule has 0 fully saturated rings. The van der Waals surface area contributed by atoms with Crippen molar-refractivity contribution in [1.82, 2.24) is 10.2 Å². The molecule has 2 aromatic rings. The van der Waals surface area contributed by atoms with Gasteiger partial charge in [0.15, 0.2) is 6.61 Å². The van der Waals surface area contributed by atoms with Crippen LogP contribution in [0.15, 0.2) is 36.4 Å². The highest BCUT2D eigenvalue weighted by Crippen LogP contribution is 2.28. The Bertz CT molecular complexity index is 834. The minimum Gasteiger partial charge on any atom is -0.496 e. The second kappa shape index (κ2) is 9.56. The normalized spacial score (nSPS) is 10.3. The maximum atomic E-state index is 12.5. The largest absolute Gasteiger partial charge is 0.496 e. The Morgan fingerprint density at radius 3 is 2.37 bits per heavy atom. The van der Waals surface area contributed by atoms with Crippen molar-refractivity contribution in [1.29, 1.82) is 0 Å². The van der Waals surface area contributed by atoms with Crippen LogP contribution >= 0.6 is 0 Å². The van der Waals surface area contributed by atoms with Crippen molar-refractivity contribution in [2.24, 2.45) is 0 Å². The fraction of sp³-hybridized carbons (Fsp3) is 0.350. The first-order valence-electron chi connectivity index (χ1n) is 8.79. The van der Waals surface area contributed by atoms with Gasteiger partial charge in [0.1, 0.15) is 5.75 Å². The van der Waals surface area contributed by atoms with E-state index in [0.29, 0.717) is 29.8 Å². The average Bonchev–Trinajstić information content (AvgIpc) is 2.69. The molecule has 1 N–H and O–H groups in total. The van der Waals surface area contributed by atoms with Gasteiger partial charge in [-0.1, -0.05) is 24.3 Å². The summed E-state index contributed by atoms with van der Waals surface area (Å²) in [6, 6.07) is 10.6. The second-order valence-corrected chi connectivity index (χ2v) is 5.80. The highest BCUT2D eigenvalue weighted by Gasteiger charge is 2.19. The maximum Gasteiger partial charge on any atom is 0.339 e. The van der Waals surface area contributed by atoms with E-state index in [0.717, 1.165) is 5.39 Å². The maximum absolute atomic E-state index is 12.5. The van der Waals surface area contributed by atoms with E-state index in [1.54, 1.807) is 39.2 Å². The molecule has 27 heavy (non-hydrogen) atoms. The number of esters is 1. The topological polar surface area (TPSA) is 84.9 Å². The summed E-state index contributed by atoms with van der Waals surface area (Å²) in [5.41, 5.74) is 0.353. The number of benzene rings is 2. The first-order chi connectivity index (χ1) is 13.0. The first-order valence-corrected chi connectivity index (χ1v) is 8.79. The summed E-state index contributed by atoms with van der Waals surface area (Å²) in [7, 11) is 1.56. The molecule has 0 atom stereocenters. The number of rotatable bonds is 8. The van der Waals surface area contributed by atoms with Gasteiger partial charge in [-0.15, -0.1) is 0 Å². The van der Waals surface area contributed by atoms with Crippen molar-refractivity contribution in [2.75, 3.05) is 33.4 Å². The van der Waals surface area contributed by atoms with E-state index in [1.165, 1.54) is 4.90 Å². The zero-order valence-electron chi connectivity index (χ0n) is 15.8. The Hall–Kier alpha value is -3.09. The van der Waals surface area contributed by atoms with Crippen LogP contribution in [0.3, 0.4) is 0 Å².